The summed E-state index contributed by atoms with van der Waals surface area (Å²) >= 11 is 0. The summed E-state index contributed by atoms with van der Waals surface area (Å²) in [5, 5.41) is 2.92. The maximum atomic E-state index is 11.9. The van der Waals surface area contributed by atoms with Crippen LogP contribution in [0, 0.1) is 11.8 Å². The van der Waals surface area contributed by atoms with Crippen molar-refractivity contribution < 1.29 is 9.21 Å². The number of amides is 1. The Bertz CT molecular complexity index is 340. The maximum absolute atomic E-state index is 11.9. The molecule has 0 saturated heterocycles. The summed E-state index contributed by atoms with van der Waals surface area (Å²) in [7, 11) is 0. The van der Waals surface area contributed by atoms with Gasteiger partial charge in [0.05, 0.1) is 12.8 Å². The Morgan fingerprint density at radius 1 is 1.41 bits per heavy atom. The fraction of sp³-hybridized carbons (Fsp3) is 0.615. The van der Waals surface area contributed by atoms with Gasteiger partial charge >= 0.3 is 0 Å². The molecule has 0 aromatic carbocycles. The van der Waals surface area contributed by atoms with Crippen LogP contribution in [0.4, 0.5) is 0 Å². The zero-order chi connectivity index (χ0) is 12.1. The molecule has 1 aliphatic carbocycles. The molecule has 2 rings (SSSR count). The largest absolute Gasteiger partial charge is 0.467 e. The molecule has 0 atom stereocenters. The Morgan fingerprint density at radius 3 is 2.76 bits per heavy atom. The molecule has 0 bridgehead atoms. The van der Waals surface area contributed by atoms with Crippen molar-refractivity contribution in [3.63, 3.8) is 0 Å². The summed E-state index contributed by atoms with van der Waals surface area (Å²) in [6, 6.07) is 3.69. The second kappa shape index (κ2) is 5.87. The summed E-state index contributed by atoms with van der Waals surface area (Å²) in [6.07, 6.45) is 5.70. The van der Waals surface area contributed by atoms with Crippen LogP contribution in [-0.4, -0.2) is 12.5 Å². The monoisotopic (exact) mass is 236 g/mol. The quantitative estimate of drug-likeness (QED) is 0.835. The smallest absolute Gasteiger partial charge is 0.223 e. The van der Waals surface area contributed by atoms with E-state index in [4.69, 9.17) is 10.2 Å². The second-order valence-electron chi connectivity index (χ2n) is 4.75. The minimum atomic E-state index is 0.150. The first-order chi connectivity index (χ1) is 8.29. The van der Waals surface area contributed by atoms with Crippen molar-refractivity contribution in [2.24, 2.45) is 17.6 Å². The summed E-state index contributed by atoms with van der Waals surface area (Å²) in [6.45, 7) is 1.24. The number of nitrogens with one attached hydrogen (secondary N) is 1. The van der Waals surface area contributed by atoms with Gasteiger partial charge in [-0.3, -0.25) is 4.79 Å². The summed E-state index contributed by atoms with van der Waals surface area (Å²) < 4.78 is 5.17. The van der Waals surface area contributed by atoms with E-state index in [-0.39, 0.29) is 11.8 Å². The number of carbonyl (C=O) groups excluding carboxylic acids is 1. The fourth-order valence-corrected chi connectivity index (χ4v) is 2.39. The van der Waals surface area contributed by atoms with Crippen LogP contribution in [-0.2, 0) is 11.3 Å². The van der Waals surface area contributed by atoms with Crippen molar-refractivity contribution in [3.05, 3.63) is 24.2 Å². The van der Waals surface area contributed by atoms with E-state index in [2.05, 4.69) is 5.32 Å². The molecule has 3 N–H and O–H groups in total. The van der Waals surface area contributed by atoms with Crippen molar-refractivity contribution in [1.29, 1.82) is 0 Å². The molecule has 0 radical (unpaired) electrons. The van der Waals surface area contributed by atoms with Gasteiger partial charge in [-0.05, 0) is 50.3 Å². The van der Waals surface area contributed by atoms with Crippen LogP contribution in [0.15, 0.2) is 22.8 Å². The van der Waals surface area contributed by atoms with Crippen LogP contribution in [0.25, 0.3) is 0 Å². The van der Waals surface area contributed by atoms with Gasteiger partial charge in [0, 0.05) is 5.92 Å². The highest BCUT2D eigenvalue weighted by molar-refractivity contribution is 5.78. The van der Waals surface area contributed by atoms with Crippen molar-refractivity contribution in [2.45, 2.75) is 32.2 Å². The van der Waals surface area contributed by atoms with Crippen LogP contribution >= 0.6 is 0 Å². The maximum Gasteiger partial charge on any atom is 0.223 e. The fourth-order valence-electron chi connectivity index (χ4n) is 2.39. The van der Waals surface area contributed by atoms with Crippen molar-refractivity contribution in [1.82, 2.24) is 5.32 Å². The van der Waals surface area contributed by atoms with E-state index in [0.29, 0.717) is 12.5 Å². The van der Waals surface area contributed by atoms with Crippen molar-refractivity contribution in [2.75, 3.05) is 6.54 Å². The van der Waals surface area contributed by atoms with E-state index in [1.54, 1.807) is 6.26 Å². The second-order valence-corrected chi connectivity index (χ2v) is 4.75. The summed E-state index contributed by atoms with van der Waals surface area (Å²) in [5.74, 6) is 1.72. The zero-order valence-electron chi connectivity index (χ0n) is 10.0. The SMILES string of the molecule is NCC1CCC(C(=O)NCc2ccco2)CC1. The Hall–Kier alpha value is -1.29. The Kier molecular flexibility index (Phi) is 4.20. The van der Waals surface area contributed by atoms with Crippen LogP contribution in [0.2, 0.25) is 0 Å². The molecular formula is C13H20N2O2. The molecule has 1 aromatic rings. The molecule has 1 amide bonds. The first kappa shape index (κ1) is 12.2. The molecule has 0 spiro atoms. The first-order valence-electron chi connectivity index (χ1n) is 6.29. The third kappa shape index (κ3) is 3.33. The number of furan rings is 1. The molecule has 17 heavy (non-hydrogen) atoms. The minimum Gasteiger partial charge on any atom is -0.467 e. The standard InChI is InChI=1S/C13H20N2O2/c14-8-10-3-5-11(6-4-10)13(16)15-9-12-2-1-7-17-12/h1-2,7,10-11H,3-6,8-9,14H2,(H,15,16). The highest BCUT2D eigenvalue weighted by atomic mass is 16.3. The van der Waals surface area contributed by atoms with Gasteiger partial charge < -0.3 is 15.5 Å². The molecule has 1 heterocycles. The molecule has 94 valence electrons. The molecule has 1 aliphatic rings. The Balaban J connectivity index is 1.73. The summed E-state index contributed by atoms with van der Waals surface area (Å²) in [5.41, 5.74) is 5.63. The van der Waals surface area contributed by atoms with Gasteiger partial charge in [-0.2, -0.15) is 0 Å². The minimum absolute atomic E-state index is 0.150. The number of hydrogen-bond acceptors (Lipinski definition) is 3. The first-order valence-corrected chi connectivity index (χ1v) is 6.29. The van der Waals surface area contributed by atoms with Gasteiger partial charge in [0.1, 0.15) is 5.76 Å². The molecule has 4 heteroatoms. The molecule has 1 aromatic heterocycles. The number of rotatable bonds is 4. The summed E-state index contributed by atoms with van der Waals surface area (Å²) in [4.78, 5) is 11.9. The zero-order valence-corrected chi connectivity index (χ0v) is 10.0. The molecule has 0 aliphatic heterocycles. The van der Waals surface area contributed by atoms with Crippen LogP contribution in [0.3, 0.4) is 0 Å². The lowest BCUT2D eigenvalue weighted by Gasteiger charge is -2.26. The van der Waals surface area contributed by atoms with Gasteiger partial charge in [0.2, 0.25) is 5.91 Å². The highest BCUT2D eigenvalue weighted by Gasteiger charge is 2.25. The average Bonchev–Trinajstić information content (AvgIpc) is 2.89. The molecule has 4 nitrogen and oxygen atoms in total. The molecule has 1 saturated carbocycles. The Morgan fingerprint density at radius 2 is 2.18 bits per heavy atom. The van der Waals surface area contributed by atoms with Gasteiger partial charge in [0.15, 0.2) is 0 Å². The predicted octanol–water partition coefficient (Wildman–Crippen LogP) is 1.66. The van der Waals surface area contributed by atoms with Gasteiger partial charge in [-0.1, -0.05) is 0 Å². The Labute approximate surface area is 102 Å². The lowest BCUT2D eigenvalue weighted by Crippen LogP contribution is -2.33. The van der Waals surface area contributed by atoms with E-state index in [9.17, 15) is 4.79 Å². The number of hydrogen-bond donors (Lipinski definition) is 2. The molecule has 0 unspecified atom stereocenters. The lowest BCUT2D eigenvalue weighted by molar-refractivity contribution is -0.126. The number of carbonyl (C=O) groups is 1. The topological polar surface area (TPSA) is 68.3 Å². The molecular weight excluding hydrogens is 216 g/mol. The van der Waals surface area contributed by atoms with Crippen molar-refractivity contribution >= 4 is 5.91 Å². The van der Waals surface area contributed by atoms with E-state index in [1.807, 2.05) is 12.1 Å². The molecule has 1 fully saturated rings. The van der Waals surface area contributed by atoms with E-state index < -0.39 is 0 Å². The normalized spacial score (nSPS) is 24.5. The average molecular weight is 236 g/mol. The van der Waals surface area contributed by atoms with Gasteiger partial charge in [-0.15, -0.1) is 0 Å². The van der Waals surface area contributed by atoms with E-state index >= 15 is 0 Å². The van der Waals surface area contributed by atoms with Gasteiger partial charge in [0.25, 0.3) is 0 Å². The third-order valence-electron chi connectivity index (χ3n) is 3.57. The van der Waals surface area contributed by atoms with Crippen LogP contribution in [0.1, 0.15) is 31.4 Å². The van der Waals surface area contributed by atoms with Gasteiger partial charge in [-0.25, -0.2) is 0 Å². The van der Waals surface area contributed by atoms with E-state index in [0.717, 1.165) is 38.0 Å². The third-order valence-corrected chi connectivity index (χ3v) is 3.57. The highest BCUT2D eigenvalue weighted by Crippen LogP contribution is 2.28. The van der Waals surface area contributed by atoms with Crippen LogP contribution in [0.5, 0.6) is 0 Å². The lowest BCUT2D eigenvalue weighted by atomic mass is 9.81. The van der Waals surface area contributed by atoms with E-state index in [1.165, 1.54) is 0 Å². The van der Waals surface area contributed by atoms with Crippen LogP contribution < -0.4 is 11.1 Å². The van der Waals surface area contributed by atoms with Crippen molar-refractivity contribution in [3.8, 4) is 0 Å². The predicted molar refractivity (Wildman–Crippen MR) is 65.1 cm³/mol. The number of nitrogens with two attached hydrogens (primary N) is 1.